The summed E-state index contributed by atoms with van der Waals surface area (Å²) in [5.41, 5.74) is 4.97. The molecule has 0 bridgehead atoms. The van der Waals surface area contributed by atoms with Gasteiger partial charge in [-0.05, 0) is 41.5 Å². The van der Waals surface area contributed by atoms with Crippen molar-refractivity contribution in [3.05, 3.63) is 59.7 Å². The molecule has 2 rings (SSSR count). The number of aryl methyl sites for hydroxylation is 2. The monoisotopic (exact) mass is 268 g/mol. The second-order valence-corrected chi connectivity index (χ2v) is 4.99. The van der Waals surface area contributed by atoms with E-state index in [4.69, 9.17) is 5.11 Å². The molecular formula is C18H20O2. The van der Waals surface area contributed by atoms with Crippen LogP contribution in [0.15, 0.2) is 48.5 Å². The lowest BCUT2D eigenvalue weighted by molar-refractivity contribution is -0.137. The number of hydrogen-bond donors (Lipinski definition) is 1. The van der Waals surface area contributed by atoms with E-state index in [-0.39, 0.29) is 6.42 Å². The molecule has 0 atom stereocenters. The van der Waals surface area contributed by atoms with Gasteiger partial charge in [0.15, 0.2) is 0 Å². The molecule has 0 radical (unpaired) electrons. The molecule has 2 nitrogen and oxygen atoms in total. The minimum atomic E-state index is -0.724. The number of rotatable bonds is 6. The average Bonchev–Trinajstić information content (AvgIpc) is 2.48. The van der Waals surface area contributed by atoms with Gasteiger partial charge < -0.3 is 5.11 Å². The van der Waals surface area contributed by atoms with Crippen LogP contribution < -0.4 is 0 Å². The third kappa shape index (κ3) is 3.95. The van der Waals surface area contributed by atoms with E-state index in [9.17, 15) is 4.79 Å². The highest BCUT2D eigenvalue weighted by atomic mass is 16.4. The molecular weight excluding hydrogens is 248 g/mol. The maximum absolute atomic E-state index is 10.5. The summed E-state index contributed by atoms with van der Waals surface area (Å²) in [6.45, 7) is 2.15. The second-order valence-electron chi connectivity index (χ2n) is 4.99. The lowest BCUT2D eigenvalue weighted by atomic mass is 10.0. The first-order valence-electron chi connectivity index (χ1n) is 7.09. The van der Waals surface area contributed by atoms with Crippen molar-refractivity contribution in [3.63, 3.8) is 0 Å². The van der Waals surface area contributed by atoms with Gasteiger partial charge in [0.25, 0.3) is 0 Å². The van der Waals surface area contributed by atoms with E-state index in [1.807, 2.05) is 0 Å². The second kappa shape index (κ2) is 6.90. The van der Waals surface area contributed by atoms with E-state index in [1.54, 1.807) is 0 Å². The third-order valence-electron chi connectivity index (χ3n) is 3.51. The molecule has 0 spiro atoms. The van der Waals surface area contributed by atoms with Gasteiger partial charge in [0.2, 0.25) is 0 Å². The molecule has 0 saturated carbocycles. The molecule has 2 heteroatoms. The Morgan fingerprint density at radius 1 is 0.900 bits per heavy atom. The van der Waals surface area contributed by atoms with Crippen LogP contribution in [-0.2, 0) is 17.6 Å². The number of aliphatic carboxylic acids is 1. The van der Waals surface area contributed by atoms with Crippen LogP contribution >= 0.6 is 0 Å². The minimum absolute atomic E-state index is 0.236. The van der Waals surface area contributed by atoms with Crippen molar-refractivity contribution in [1.29, 1.82) is 0 Å². The summed E-state index contributed by atoms with van der Waals surface area (Å²) in [5.74, 6) is -0.724. The molecule has 2 aromatic carbocycles. The standard InChI is InChI=1S/C18H20O2/c1-2-14-6-10-16(11-7-14)17-12-8-15(9-13-17)4-3-5-18(19)20/h6-13H,2-5H2,1H3,(H,19,20). The first-order chi connectivity index (χ1) is 9.69. The Kier molecular flexibility index (Phi) is 4.94. The summed E-state index contributed by atoms with van der Waals surface area (Å²) in [6, 6.07) is 17.0. The maximum atomic E-state index is 10.5. The van der Waals surface area contributed by atoms with Crippen LogP contribution in [0.1, 0.15) is 30.9 Å². The smallest absolute Gasteiger partial charge is 0.303 e. The third-order valence-corrected chi connectivity index (χ3v) is 3.51. The summed E-state index contributed by atoms with van der Waals surface area (Å²) in [7, 11) is 0. The van der Waals surface area contributed by atoms with Gasteiger partial charge in [-0.25, -0.2) is 0 Å². The zero-order chi connectivity index (χ0) is 14.4. The van der Waals surface area contributed by atoms with Crippen LogP contribution in [0.3, 0.4) is 0 Å². The number of hydrogen-bond acceptors (Lipinski definition) is 1. The van der Waals surface area contributed by atoms with Gasteiger partial charge in [0.1, 0.15) is 0 Å². The van der Waals surface area contributed by atoms with Crippen LogP contribution in [0, 0.1) is 0 Å². The highest BCUT2D eigenvalue weighted by molar-refractivity contribution is 5.66. The van der Waals surface area contributed by atoms with Crippen LogP contribution in [0.2, 0.25) is 0 Å². The Balaban J connectivity index is 2.01. The predicted molar refractivity (Wildman–Crippen MR) is 81.8 cm³/mol. The van der Waals surface area contributed by atoms with Crippen LogP contribution in [0.5, 0.6) is 0 Å². The largest absolute Gasteiger partial charge is 0.481 e. The molecule has 1 N–H and O–H groups in total. The molecule has 0 amide bonds. The summed E-state index contributed by atoms with van der Waals surface area (Å²) in [4.78, 5) is 10.5. The number of carboxylic acids is 1. The Morgan fingerprint density at radius 3 is 1.85 bits per heavy atom. The molecule has 0 heterocycles. The van der Waals surface area contributed by atoms with Crippen molar-refractivity contribution in [1.82, 2.24) is 0 Å². The van der Waals surface area contributed by atoms with Crippen molar-refractivity contribution >= 4 is 5.97 Å². The van der Waals surface area contributed by atoms with Gasteiger partial charge in [-0.3, -0.25) is 4.79 Å². The first kappa shape index (κ1) is 14.3. The molecule has 20 heavy (non-hydrogen) atoms. The van der Waals surface area contributed by atoms with Crippen molar-refractivity contribution in [2.45, 2.75) is 32.6 Å². The summed E-state index contributed by atoms with van der Waals surface area (Å²) < 4.78 is 0. The average molecular weight is 268 g/mol. The molecule has 0 fully saturated rings. The van der Waals surface area contributed by atoms with E-state index in [0.29, 0.717) is 6.42 Å². The van der Waals surface area contributed by atoms with Crippen LogP contribution in [0.4, 0.5) is 0 Å². The van der Waals surface area contributed by atoms with E-state index >= 15 is 0 Å². The maximum Gasteiger partial charge on any atom is 0.303 e. The lowest BCUT2D eigenvalue weighted by Gasteiger charge is -2.05. The van der Waals surface area contributed by atoms with E-state index < -0.39 is 5.97 Å². The molecule has 0 aliphatic rings. The van der Waals surface area contributed by atoms with Gasteiger partial charge in [-0.2, -0.15) is 0 Å². The zero-order valence-electron chi connectivity index (χ0n) is 11.8. The number of carboxylic acid groups (broad SMARTS) is 1. The zero-order valence-corrected chi connectivity index (χ0v) is 11.8. The molecule has 104 valence electrons. The highest BCUT2D eigenvalue weighted by Gasteiger charge is 2.00. The first-order valence-corrected chi connectivity index (χ1v) is 7.09. The molecule has 0 aliphatic carbocycles. The Labute approximate surface area is 120 Å². The Bertz CT molecular complexity index is 553. The normalized spacial score (nSPS) is 10.4. The molecule has 2 aromatic rings. The molecule has 0 saturated heterocycles. The summed E-state index contributed by atoms with van der Waals surface area (Å²) >= 11 is 0. The van der Waals surface area contributed by atoms with Crippen LogP contribution in [-0.4, -0.2) is 11.1 Å². The Hall–Kier alpha value is -2.09. The summed E-state index contributed by atoms with van der Waals surface area (Å²) in [5, 5.41) is 8.63. The minimum Gasteiger partial charge on any atom is -0.481 e. The van der Waals surface area contributed by atoms with Crippen molar-refractivity contribution in [2.75, 3.05) is 0 Å². The quantitative estimate of drug-likeness (QED) is 0.847. The number of carbonyl (C=O) groups is 1. The van der Waals surface area contributed by atoms with E-state index in [0.717, 1.165) is 12.8 Å². The van der Waals surface area contributed by atoms with Gasteiger partial charge in [-0.15, -0.1) is 0 Å². The highest BCUT2D eigenvalue weighted by Crippen LogP contribution is 2.21. The van der Waals surface area contributed by atoms with E-state index in [1.165, 1.54) is 22.3 Å². The molecule has 0 aliphatic heterocycles. The van der Waals surface area contributed by atoms with Crippen LogP contribution in [0.25, 0.3) is 11.1 Å². The SMILES string of the molecule is CCc1ccc(-c2ccc(CCCC(=O)O)cc2)cc1. The lowest BCUT2D eigenvalue weighted by Crippen LogP contribution is -1.95. The number of benzene rings is 2. The van der Waals surface area contributed by atoms with Gasteiger partial charge >= 0.3 is 5.97 Å². The summed E-state index contributed by atoms with van der Waals surface area (Å²) in [6.07, 6.45) is 2.81. The predicted octanol–water partition coefficient (Wildman–Crippen LogP) is 4.32. The van der Waals surface area contributed by atoms with Crippen molar-refractivity contribution < 1.29 is 9.90 Å². The molecule has 0 aromatic heterocycles. The fraction of sp³-hybridized carbons (Fsp3) is 0.278. The molecule has 0 unspecified atom stereocenters. The van der Waals surface area contributed by atoms with Crippen molar-refractivity contribution in [3.8, 4) is 11.1 Å². The van der Waals surface area contributed by atoms with Crippen molar-refractivity contribution in [2.24, 2.45) is 0 Å². The van der Waals surface area contributed by atoms with E-state index in [2.05, 4.69) is 55.5 Å². The Morgan fingerprint density at radius 2 is 1.40 bits per heavy atom. The van der Waals surface area contributed by atoms with Gasteiger partial charge in [-0.1, -0.05) is 55.5 Å². The van der Waals surface area contributed by atoms with Gasteiger partial charge in [0.05, 0.1) is 0 Å². The fourth-order valence-electron chi connectivity index (χ4n) is 2.24. The topological polar surface area (TPSA) is 37.3 Å². The van der Waals surface area contributed by atoms with Gasteiger partial charge in [0, 0.05) is 6.42 Å². The fourth-order valence-corrected chi connectivity index (χ4v) is 2.24.